The largest absolute Gasteiger partial charge is 0.457 e. The summed E-state index contributed by atoms with van der Waals surface area (Å²) in [5, 5.41) is 18.5. The first-order valence-corrected chi connectivity index (χ1v) is 11.1. The number of hydrogen-bond donors (Lipinski definition) is 1. The summed E-state index contributed by atoms with van der Waals surface area (Å²) in [4.78, 5) is 23.6. The number of carbonyl (C=O) groups is 1. The molecule has 34 heavy (non-hydrogen) atoms. The molecule has 1 amide bonds. The Hall–Kier alpha value is -3.92. The van der Waals surface area contributed by atoms with Crippen molar-refractivity contribution in [1.29, 1.82) is 0 Å². The molecule has 0 aliphatic heterocycles. The van der Waals surface area contributed by atoms with E-state index in [-0.39, 0.29) is 22.9 Å². The molecule has 0 aliphatic rings. The highest BCUT2D eigenvalue weighted by Gasteiger charge is 2.17. The van der Waals surface area contributed by atoms with Gasteiger partial charge in [-0.05, 0) is 61.0 Å². The topological polar surface area (TPSA) is 112 Å². The van der Waals surface area contributed by atoms with Crippen molar-refractivity contribution in [3.63, 3.8) is 0 Å². The summed E-state index contributed by atoms with van der Waals surface area (Å²) >= 11 is 3.49. The average Bonchev–Trinajstić information content (AvgIpc) is 3.36. The molecule has 174 valence electrons. The Labute approximate surface area is 203 Å². The fraction of sp³-hybridized carbons (Fsp3) is 0.167. The fourth-order valence-corrected chi connectivity index (χ4v) is 3.60. The van der Waals surface area contributed by atoms with E-state index in [4.69, 9.17) is 9.15 Å². The third-order valence-electron chi connectivity index (χ3n) is 5.10. The number of anilines is 1. The number of rotatable bonds is 7. The molecular weight excluding hydrogens is 504 g/mol. The van der Waals surface area contributed by atoms with Crippen LogP contribution in [-0.4, -0.2) is 20.6 Å². The van der Waals surface area contributed by atoms with E-state index in [9.17, 15) is 14.9 Å². The third-order valence-corrected chi connectivity index (χ3v) is 6.25. The maximum absolute atomic E-state index is 12.7. The molecule has 2 aromatic carbocycles. The molecule has 0 fully saturated rings. The van der Waals surface area contributed by atoms with Gasteiger partial charge in [-0.3, -0.25) is 19.6 Å². The lowest BCUT2D eigenvalue weighted by Crippen LogP contribution is -2.11. The number of ether oxygens (including phenoxy) is 1. The van der Waals surface area contributed by atoms with Crippen molar-refractivity contribution in [2.24, 2.45) is 0 Å². The van der Waals surface area contributed by atoms with E-state index in [0.29, 0.717) is 18.1 Å². The Balaban J connectivity index is 1.52. The molecule has 4 aromatic rings. The van der Waals surface area contributed by atoms with Gasteiger partial charge >= 0.3 is 0 Å². The van der Waals surface area contributed by atoms with Crippen molar-refractivity contribution in [3.05, 3.63) is 97.7 Å². The first-order valence-electron chi connectivity index (χ1n) is 10.3. The van der Waals surface area contributed by atoms with Gasteiger partial charge in [0.1, 0.15) is 17.3 Å². The van der Waals surface area contributed by atoms with Gasteiger partial charge in [0.2, 0.25) is 0 Å². The lowest BCUT2D eigenvalue weighted by molar-refractivity contribution is -0.384. The van der Waals surface area contributed by atoms with Crippen molar-refractivity contribution in [3.8, 4) is 11.5 Å². The summed E-state index contributed by atoms with van der Waals surface area (Å²) in [6.45, 7) is 6.13. The molecule has 0 unspecified atom stereocenters. The van der Waals surface area contributed by atoms with E-state index < -0.39 is 10.8 Å². The minimum atomic E-state index is -0.546. The Morgan fingerprint density at radius 3 is 2.50 bits per heavy atom. The first kappa shape index (κ1) is 23.2. The zero-order valence-electron chi connectivity index (χ0n) is 18.7. The van der Waals surface area contributed by atoms with Gasteiger partial charge in [-0.25, -0.2) is 0 Å². The van der Waals surface area contributed by atoms with Crippen LogP contribution >= 0.6 is 15.9 Å². The number of benzene rings is 2. The quantitative estimate of drug-likeness (QED) is 0.228. The minimum Gasteiger partial charge on any atom is -0.457 e. The average molecular weight is 525 g/mol. The van der Waals surface area contributed by atoms with Crippen LogP contribution in [0.1, 0.15) is 33.3 Å². The van der Waals surface area contributed by atoms with Gasteiger partial charge in [0.05, 0.1) is 39.1 Å². The molecule has 0 saturated carbocycles. The van der Waals surface area contributed by atoms with Crippen molar-refractivity contribution < 1.29 is 18.9 Å². The van der Waals surface area contributed by atoms with Crippen LogP contribution in [0.15, 0.2) is 63.5 Å². The summed E-state index contributed by atoms with van der Waals surface area (Å²) in [7, 11) is 0. The van der Waals surface area contributed by atoms with Gasteiger partial charge in [0.15, 0.2) is 5.76 Å². The minimum absolute atomic E-state index is 0.0723. The molecule has 0 atom stereocenters. The fourth-order valence-electron chi connectivity index (χ4n) is 3.32. The van der Waals surface area contributed by atoms with Crippen LogP contribution in [0.2, 0.25) is 0 Å². The van der Waals surface area contributed by atoms with E-state index in [1.165, 1.54) is 18.2 Å². The highest BCUT2D eigenvalue weighted by Crippen LogP contribution is 2.30. The molecule has 0 radical (unpaired) electrons. The molecule has 0 spiro atoms. The maximum Gasteiger partial charge on any atom is 0.291 e. The predicted molar refractivity (Wildman–Crippen MR) is 130 cm³/mol. The maximum atomic E-state index is 12.7. The number of nitrogens with one attached hydrogen (secondary N) is 1. The second kappa shape index (κ2) is 9.52. The van der Waals surface area contributed by atoms with Gasteiger partial charge in [0.25, 0.3) is 11.6 Å². The molecule has 2 aromatic heterocycles. The summed E-state index contributed by atoms with van der Waals surface area (Å²) < 4.78 is 14.1. The van der Waals surface area contributed by atoms with Crippen LogP contribution in [0.4, 0.5) is 11.4 Å². The second-order valence-electron chi connectivity index (χ2n) is 7.75. The van der Waals surface area contributed by atoms with Crippen LogP contribution in [-0.2, 0) is 6.54 Å². The summed E-state index contributed by atoms with van der Waals surface area (Å²) in [6, 6.07) is 14.6. The van der Waals surface area contributed by atoms with Crippen LogP contribution in [0, 0.1) is 30.9 Å². The number of halogens is 1. The lowest BCUT2D eigenvalue weighted by Gasteiger charge is -2.09. The number of carbonyl (C=O) groups excluding carboxylic acids is 1. The molecule has 0 bridgehead atoms. The Kier molecular flexibility index (Phi) is 6.51. The van der Waals surface area contributed by atoms with Gasteiger partial charge in [0, 0.05) is 12.1 Å². The van der Waals surface area contributed by atoms with E-state index in [2.05, 4.69) is 26.3 Å². The van der Waals surface area contributed by atoms with Crippen LogP contribution in [0.25, 0.3) is 0 Å². The van der Waals surface area contributed by atoms with E-state index in [1.807, 2.05) is 32.9 Å². The Morgan fingerprint density at radius 2 is 1.85 bits per heavy atom. The molecule has 9 nitrogen and oxygen atoms in total. The van der Waals surface area contributed by atoms with E-state index in [1.54, 1.807) is 28.9 Å². The SMILES string of the molecule is Cc1ccc(Oc2cc(NC(=O)c3ccc(Cn4nc(C)c(Br)c4C)o3)cc([N+](=O)[O-])c2)cc1. The summed E-state index contributed by atoms with van der Waals surface area (Å²) in [5.41, 5.74) is 2.86. The smallest absolute Gasteiger partial charge is 0.291 e. The lowest BCUT2D eigenvalue weighted by atomic mass is 10.2. The second-order valence-corrected chi connectivity index (χ2v) is 8.54. The number of aryl methyl sites for hydroxylation is 2. The van der Waals surface area contributed by atoms with Gasteiger partial charge in [-0.15, -0.1) is 0 Å². The van der Waals surface area contributed by atoms with E-state index in [0.717, 1.165) is 21.4 Å². The van der Waals surface area contributed by atoms with Crippen molar-refractivity contribution in [2.75, 3.05) is 5.32 Å². The number of furan rings is 1. The molecular formula is C24H21BrN4O5. The van der Waals surface area contributed by atoms with Crippen LogP contribution in [0.5, 0.6) is 11.5 Å². The highest BCUT2D eigenvalue weighted by atomic mass is 79.9. The monoisotopic (exact) mass is 524 g/mol. The van der Waals surface area contributed by atoms with Crippen molar-refractivity contribution in [1.82, 2.24) is 9.78 Å². The zero-order chi connectivity index (χ0) is 24.4. The van der Waals surface area contributed by atoms with Gasteiger partial charge in [-0.1, -0.05) is 17.7 Å². The summed E-state index contributed by atoms with van der Waals surface area (Å²) in [6.07, 6.45) is 0. The number of nitro benzene ring substituents is 1. The predicted octanol–water partition coefficient (Wildman–Crippen LogP) is 6.16. The number of nitro groups is 1. The zero-order valence-corrected chi connectivity index (χ0v) is 20.3. The molecule has 0 saturated heterocycles. The van der Waals surface area contributed by atoms with Crippen molar-refractivity contribution in [2.45, 2.75) is 27.3 Å². The highest BCUT2D eigenvalue weighted by molar-refractivity contribution is 9.10. The summed E-state index contributed by atoms with van der Waals surface area (Å²) in [5.74, 6) is 0.829. The van der Waals surface area contributed by atoms with Crippen molar-refractivity contribution >= 4 is 33.2 Å². The Bertz CT molecular complexity index is 1370. The number of nitrogens with zero attached hydrogens (tertiary/aromatic N) is 3. The van der Waals surface area contributed by atoms with Gasteiger partial charge in [-0.2, -0.15) is 5.10 Å². The first-order chi connectivity index (χ1) is 16.2. The molecule has 10 heteroatoms. The number of amides is 1. The molecule has 2 heterocycles. The molecule has 0 aliphatic carbocycles. The normalized spacial score (nSPS) is 10.8. The van der Waals surface area contributed by atoms with E-state index >= 15 is 0 Å². The van der Waals surface area contributed by atoms with Crippen LogP contribution in [0.3, 0.4) is 0 Å². The van der Waals surface area contributed by atoms with Gasteiger partial charge < -0.3 is 14.5 Å². The Morgan fingerprint density at radius 1 is 1.12 bits per heavy atom. The number of non-ortho nitro benzene ring substituents is 1. The van der Waals surface area contributed by atoms with Crippen LogP contribution < -0.4 is 10.1 Å². The number of hydrogen-bond acceptors (Lipinski definition) is 6. The molecule has 4 rings (SSSR count). The number of aromatic nitrogens is 2. The standard InChI is InChI=1S/C24H21BrN4O5/c1-14-4-6-19(7-5-14)33-21-11-17(10-18(12-21)29(31)32)26-24(30)22-9-8-20(34-22)13-28-16(3)23(25)15(2)27-28/h4-12H,13H2,1-3H3,(H,26,30). The molecule has 1 N–H and O–H groups in total. The third kappa shape index (κ3) is 5.18.